The highest BCUT2D eigenvalue weighted by Gasteiger charge is 2.19. The molecule has 1 amide bonds. The average molecular weight is 347 g/mol. The molecule has 3 rings (SSSR count). The van der Waals surface area contributed by atoms with Gasteiger partial charge in [0.05, 0.1) is 24.0 Å². The molecule has 1 aromatic carbocycles. The lowest BCUT2D eigenvalue weighted by Gasteiger charge is -2.22. The number of nitrogens with zero attached hydrogens (tertiary/aromatic N) is 3. The van der Waals surface area contributed by atoms with Crippen LogP contribution >= 0.6 is 0 Å². The van der Waals surface area contributed by atoms with Gasteiger partial charge in [-0.05, 0) is 51.9 Å². The molecule has 134 valence electrons. The molecule has 1 aliphatic rings. The van der Waals surface area contributed by atoms with Crippen LogP contribution in [0, 0.1) is 5.82 Å². The predicted molar refractivity (Wildman–Crippen MR) is 91.3 cm³/mol. The first kappa shape index (κ1) is 17.3. The molecule has 8 heteroatoms. The molecule has 0 atom stereocenters. The monoisotopic (exact) mass is 347 g/mol. The van der Waals surface area contributed by atoms with Crippen molar-refractivity contribution >= 4 is 11.6 Å². The highest BCUT2D eigenvalue weighted by molar-refractivity contribution is 6.02. The summed E-state index contributed by atoms with van der Waals surface area (Å²) < 4.78 is 21.3. The maximum absolute atomic E-state index is 14.1. The lowest BCUT2D eigenvalue weighted by molar-refractivity contribution is 0.102. The number of rotatable bonds is 5. The van der Waals surface area contributed by atoms with Crippen LogP contribution < -0.4 is 15.4 Å². The molecule has 25 heavy (non-hydrogen) atoms. The van der Waals surface area contributed by atoms with Gasteiger partial charge in [-0.1, -0.05) is 5.21 Å². The van der Waals surface area contributed by atoms with E-state index in [2.05, 4.69) is 20.9 Å². The Morgan fingerprint density at radius 1 is 1.40 bits per heavy atom. The minimum absolute atomic E-state index is 0.0510. The van der Waals surface area contributed by atoms with E-state index in [1.807, 2.05) is 13.8 Å². The third-order valence-electron chi connectivity index (χ3n) is 3.99. The Morgan fingerprint density at radius 2 is 2.16 bits per heavy atom. The van der Waals surface area contributed by atoms with Crippen LogP contribution in [0.1, 0.15) is 43.2 Å². The first-order chi connectivity index (χ1) is 12.0. The van der Waals surface area contributed by atoms with Crippen LogP contribution in [0.15, 0.2) is 24.4 Å². The Bertz CT molecular complexity index is 740. The van der Waals surface area contributed by atoms with Crippen molar-refractivity contribution in [1.82, 2.24) is 20.3 Å². The van der Waals surface area contributed by atoms with Crippen LogP contribution in [0.5, 0.6) is 5.75 Å². The van der Waals surface area contributed by atoms with Crippen LogP contribution in [0.3, 0.4) is 0 Å². The fraction of sp³-hybridized carbons (Fsp3) is 0.471. The van der Waals surface area contributed by atoms with Gasteiger partial charge in [0.2, 0.25) is 0 Å². The first-order valence-corrected chi connectivity index (χ1v) is 8.43. The smallest absolute Gasteiger partial charge is 0.277 e. The Kier molecular flexibility index (Phi) is 5.28. The van der Waals surface area contributed by atoms with Gasteiger partial charge in [0.1, 0.15) is 11.6 Å². The summed E-state index contributed by atoms with van der Waals surface area (Å²) in [4.78, 5) is 12.3. The summed E-state index contributed by atoms with van der Waals surface area (Å²) in [7, 11) is 0. The molecular weight excluding hydrogens is 325 g/mol. The maximum atomic E-state index is 14.1. The zero-order valence-corrected chi connectivity index (χ0v) is 14.3. The summed E-state index contributed by atoms with van der Waals surface area (Å²) in [5.41, 5.74) is 0.248. The standard InChI is InChI=1S/C17H22FN5O2/c1-11(2)25-13-3-4-15(14(18)9-13)20-17(24)16-10-23(22-21-16)12-5-7-19-8-6-12/h3-4,9-12,19H,5-8H2,1-2H3,(H,20,24). The average Bonchev–Trinajstić information content (AvgIpc) is 3.08. The Balaban J connectivity index is 1.67. The lowest BCUT2D eigenvalue weighted by Crippen LogP contribution is -2.29. The van der Waals surface area contributed by atoms with Gasteiger partial charge in [-0.25, -0.2) is 9.07 Å². The van der Waals surface area contributed by atoms with Gasteiger partial charge in [-0.15, -0.1) is 5.10 Å². The summed E-state index contributed by atoms with van der Waals surface area (Å²) in [6, 6.07) is 4.58. The Labute approximate surface area is 145 Å². The summed E-state index contributed by atoms with van der Waals surface area (Å²) in [6.45, 7) is 5.56. The second-order valence-electron chi connectivity index (χ2n) is 6.33. The SMILES string of the molecule is CC(C)Oc1ccc(NC(=O)c2cn(C3CCNCC3)nn2)c(F)c1. The lowest BCUT2D eigenvalue weighted by atomic mass is 10.1. The number of piperidine rings is 1. The number of amides is 1. The van der Waals surface area contributed by atoms with E-state index < -0.39 is 11.7 Å². The molecule has 0 spiro atoms. The van der Waals surface area contributed by atoms with Crippen molar-refractivity contribution in [2.24, 2.45) is 0 Å². The van der Waals surface area contributed by atoms with Gasteiger partial charge in [0.15, 0.2) is 5.69 Å². The van der Waals surface area contributed by atoms with Crippen LogP contribution in [0.2, 0.25) is 0 Å². The van der Waals surface area contributed by atoms with Crippen molar-refractivity contribution < 1.29 is 13.9 Å². The molecular formula is C17H22FN5O2. The van der Waals surface area contributed by atoms with Gasteiger partial charge < -0.3 is 15.4 Å². The number of nitrogens with one attached hydrogen (secondary N) is 2. The fourth-order valence-corrected chi connectivity index (χ4v) is 2.76. The fourth-order valence-electron chi connectivity index (χ4n) is 2.76. The molecule has 0 radical (unpaired) electrons. The van der Waals surface area contributed by atoms with Crippen molar-refractivity contribution in [3.05, 3.63) is 35.9 Å². The van der Waals surface area contributed by atoms with Gasteiger partial charge >= 0.3 is 0 Å². The Hall–Kier alpha value is -2.48. The number of ether oxygens (including phenoxy) is 1. The second-order valence-corrected chi connectivity index (χ2v) is 6.33. The summed E-state index contributed by atoms with van der Waals surface area (Å²) in [6.07, 6.45) is 3.44. The van der Waals surface area contributed by atoms with Crippen molar-refractivity contribution in [3.63, 3.8) is 0 Å². The highest BCUT2D eigenvalue weighted by Crippen LogP contribution is 2.22. The van der Waals surface area contributed by atoms with E-state index >= 15 is 0 Å². The molecule has 2 heterocycles. The predicted octanol–water partition coefficient (Wildman–Crippen LogP) is 2.38. The minimum atomic E-state index is -0.558. The van der Waals surface area contributed by atoms with E-state index in [0.29, 0.717) is 5.75 Å². The molecule has 1 aliphatic heterocycles. The molecule has 2 aromatic rings. The number of anilines is 1. The normalized spacial score (nSPS) is 15.4. The van der Waals surface area contributed by atoms with E-state index in [-0.39, 0.29) is 23.5 Å². The topological polar surface area (TPSA) is 81.1 Å². The van der Waals surface area contributed by atoms with Crippen LogP contribution in [0.4, 0.5) is 10.1 Å². The Morgan fingerprint density at radius 3 is 2.84 bits per heavy atom. The summed E-state index contributed by atoms with van der Waals surface area (Å²) in [5.74, 6) is -0.629. The number of halogens is 1. The number of carbonyl (C=O) groups is 1. The number of hydrogen-bond donors (Lipinski definition) is 2. The van der Waals surface area contributed by atoms with E-state index in [0.717, 1.165) is 25.9 Å². The zero-order chi connectivity index (χ0) is 17.8. The van der Waals surface area contributed by atoms with Crippen molar-refractivity contribution in [2.75, 3.05) is 18.4 Å². The number of carbonyl (C=O) groups excluding carboxylic acids is 1. The van der Waals surface area contributed by atoms with Gasteiger partial charge in [-0.2, -0.15) is 0 Å². The maximum Gasteiger partial charge on any atom is 0.277 e. The number of hydrogen-bond acceptors (Lipinski definition) is 5. The van der Waals surface area contributed by atoms with Crippen LogP contribution in [0.25, 0.3) is 0 Å². The third kappa shape index (κ3) is 4.33. The van der Waals surface area contributed by atoms with Crippen molar-refractivity contribution in [1.29, 1.82) is 0 Å². The molecule has 0 bridgehead atoms. The minimum Gasteiger partial charge on any atom is -0.491 e. The first-order valence-electron chi connectivity index (χ1n) is 8.43. The van der Waals surface area contributed by atoms with Gasteiger partial charge in [0.25, 0.3) is 5.91 Å². The van der Waals surface area contributed by atoms with Gasteiger partial charge in [0, 0.05) is 6.07 Å². The molecule has 0 saturated carbocycles. The van der Waals surface area contributed by atoms with Gasteiger partial charge in [-0.3, -0.25) is 4.79 Å². The van der Waals surface area contributed by atoms with Crippen molar-refractivity contribution in [3.8, 4) is 5.75 Å². The molecule has 0 unspecified atom stereocenters. The molecule has 1 aromatic heterocycles. The number of benzene rings is 1. The second kappa shape index (κ2) is 7.60. The van der Waals surface area contributed by atoms with E-state index in [4.69, 9.17) is 4.74 Å². The van der Waals surface area contributed by atoms with Crippen LogP contribution in [-0.4, -0.2) is 40.1 Å². The summed E-state index contributed by atoms with van der Waals surface area (Å²) in [5, 5.41) is 13.7. The van der Waals surface area contributed by atoms with Crippen molar-refractivity contribution in [2.45, 2.75) is 38.8 Å². The zero-order valence-electron chi connectivity index (χ0n) is 14.3. The molecule has 0 aliphatic carbocycles. The van der Waals surface area contributed by atoms with E-state index in [9.17, 15) is 9.18 Å². The third-order valence-corrected chi connectivity index (χ3v) is 3.99. The van der Waals surface area contributed by atoms with Crippen LogP contribution in [-0.2, 0) is 0 Å². The summed E-state index contributed by atoms with van der Waals surface area (Å²) >= 11 is 0. The van der Waals surface area contributed by atoms with E-state index in [1.165, 1.54) is 12.1 Å². The highest BCUT2D eigenvalue weighted by atomic mass is 19.1. The quantitative estimate of drug-likeness (QED) is 0.868. The largest absolute Gasteiger partial charge is 0.491 e. The molecule has 1 saturated heterocycles. The molecule has 1 fully saturated rings. The number of aromatic nitrogens is 3. The molecule has 2 N–H and O–H groups in total. The molecule has 7 nitrogen and oxygen atoms in total. The van der Waals surface area contributed by atoms with E-state index in [1.54, 1.807) is 16.9 Å².